The lowest BCUT2D eigenvalue weighted by molar-refractivity contribution is -0.144. The van der Waals surface area contributed by atoms with Crippen molar-refractivity contribution in [2.75, 3.05) is 77.6 Å². The van der Waals surface area contributed by atoms with Crippen molar-refractivity contribution in [2.45, 2.75) is 18.9 Å². The minimum absolute atomic E-state index is 0.0208. The van der Waals surface area contributed by atoms with E-state index in [4.69, 9.17) is 32.7 Å². The monoisotopic (exact) mass is 789 g/mol. The SMILES string of the molecule is [N-]=[N+]=Nc1ccc(C(=O)NCOCCCNC(=S)Nc2ccc(CC(CN(CCN(CC(=O)O)CC(=O)O)CC(=O)O)N(CC(=O)O)CC(=O)O)cc2)cc1. The van der Waals surface area contributed by atoms with Crippen molar-refractivity contribution in [2.24, 2.45) is 5.11 Å². The second-order valence-corrected chi connectivity index (χ2v) is 12.3. The molecule has 0 spiro atoms. The predicted octanol–water partition coefficient (Wildman–Crippen LogP) is 0.949. The van der Waals surface area contributed by atoms with Gasteiger partial charge < -0.3 is 46.2 Å². The second-order valence-electron chi connectivity index (χ2n) is 11.9. The molecule has 2 aromatic rings. The highest BCUT2D eigenvalue weighted by Crippen LogP contribution is 2.16. The Hall–Kier alpha value is -5.90. The van der Waals surface area contributed by atoms with Crippen LogP contribution in [0.3, 0.4) is 0 Å². The Morgan fingerprint density at radius 3 is 1.85 bits per heavy atom. The van der Waals surface area contributed by atoms with E-state index in [1.807, 2.05) is 0 Å². The predicted molar refractivity (Wildman–Crippen MR) is 199 cm³/mol. The van der Waals surface area contributed by atoms with Gasteiger partial charge in [0.2, 0.25) is 0 Å². The topological polar surface area (TPSA) is 307 Å². The zero-order valence-electron chi connectivity index (χ0n) is 29.6. The quantitative estimate of drug-likeness (QED) is 0.0156. The Balaban J connectivity index is 1.97. The Bertz CT molecular complexity index is 1640. The Labute approximate surface area is 320 Å². The molecule has 1 unspecified atom stereocenters. The van der Waals surface area contributed by atoms with E-state index >= 15 is 0 Å². The van der Waals surface area contributed by atoms with Crippen LogP contribution in [0.1, 0.15) is 22.3 Å². The number of thiocarbonyl (C=S) groups is 1. The first-order valence-electron chi connectivity index (χ1n) is 16.6. The lowest BCUT2D eigenvalue weighted by atomic mass is 10.0. The van der Waals surface area contributed by atoms with Crippen LogP contribution in [0.25, 0.3) is 10.4 Å². The summed E-state index contributed by atoms with van der Waals surface area (Å²) in [5, 5.41) is 59.4. The fraction of sp³-hybridized carbons (Fsp3) is 0.424. The molecule has 0 aliphatic rings. The molecule has 0 heterocycles. The van der Waals surface area contributed by atoms with Gasteiger partial charge in [-0.1, -0.05) is 29.4 Å². The summed E-state index contributed by atoms with van der Waals surface area (Å²) in [7, 11) is 0. The van der Waals surface area contributed by atoms with E-state index in [1.54, 1.807) is 24.3 Å². The summed E-state index contributed by atoms with van der Waals surface area (Å²) in [6.45, 7) is -2.79. The summed E-state index contributed by atoms with van der Waals surface area (Å²) in [5.74, 6) is -6.80. The van der Waals surface area contributed by atoms with Crippen molar-refractivity contribution in [1.29, 1.82) is 0 Å². The van der Waals surface area contributed by atoms with Crippen LogP contribution in [0, 0.1) is 0 Å². The molecule has 0 saturated heterocycles. The van der Waals surface area contributed by atoms with Gasteiger partial charge in [-0.15, -0.1) is 0 Å². The van der Waals surface area contributed by atoms with Crippen LogP contribution in [-0.4, -0.2) is 159 Å². The lowest BCUT2D eigenvalue weighted by Gasteiger charge is -2.34. The van der Waals surface area contributed by atoms with Crippen molar-refractivity contribution < 1.29 is 59.0 Å². The van der Waals surface area contributed by atoms with Crippen LogP contribution < -0.4 is 16.0 Å². The molecular formula is C33H43N9O12S. The first kappa shape index (κ1) is 45.3. The molecule has 0 aliphatic heterocycles. The molecule has 298 valence electrons. The van der Waals surface area contributed by atoms with Crippen molar-refractivity contribution in [1.82, 2.24) is 25.3 Å². The molecule has 21 nitrogen and oxygen atoms in total. The molecule has 2 aromatic carbocycles. The molecule has 0 fully saturated rings. The number of carbonyl (C=O) groups is 6. The van der Waals surface area contributed by atoms with Crippen LogP contribution in [0.4, 0.5) is 11.4 Å². The van der Waals surface area contributed by atoms with Gasteiger partial charge in [0.15, 0.2) is 5.11 Å². The van der Waals surface area contributed by atoms with E-state index in [0.717, 1.165) is 4.90 Å². The van der Waals surface area contributed by atoms with Gasteiger partial charge in [-0.25, -0.2) is 0 Å². The maximum Gasteiger partial charge on any atom is 0.317 e. The Morgan fingerprint density at radius 1 is 0.764 bits per heavy atom. The molecule has 2 rings (SSSR count). The number of anilines is 1. The normalized spacial score (nSPS) is 11.4. The standard InChI is InChI=1S/C33H43N9O12S/c34-39-38-25-8-4-23(5-9-25)32(53)36-21-54-13-1-10-35-33(55)37-24-6-2-22(3-7-24)14-26(42(19-30(49)50)20-31(51)52)15-40(16-27(43)44)11-12-41(17-28(45)46)18-29(47)48/h2-9,26H,1,10-21H2,(H,36,53)(H,43,44)(H,45,46)(H,47,48)(H,49,50)(H,51,52)(H2,35,37,55). The van der Waals surface area contributed by atoms with Gasteiger partial charge >= 0.3 is 29.8 Å². The molecule has 22 heteroatoms. The summed E-state index contributed by atoms with van der Waals surface area (Å²) < 4.78 is 5.44. The van der Waals surface area contributed by atoms with Crippen LogP contribution >= 0.6 is 12.2 Å². The molecule has 8 N–H and O–H groups in total. The summed E-state index contributed by atoms with van der Waals surface area (Å²) in [6.07, 6.45) is 0.649. The average molecular weight is 790 g/mol. The zero-order valence-corrected chi connectivity index (χ0v) is 30.4. The highest BCUT2D eigenvalue weighted by atomic mass is 32.1. The van der Waals surface area contributed by atoms with E-state index in [2.05, 4.69) is 26.0 Å². The number of carboxylic acids is 5. The van der Waals surface area contributed by atoms with Gasteiger partial charge in [0.25, 0.3) is 5.91 Å². The third-order valence-corrected chi connectivity index (χ3v) is 7.78. The number of amides is 1. The summed E-state index contributed by atoms with van der Waals surface area (Å²) in [5.41, 5.74) is 10.5. The number of ether oxygens (including phenoxy) is 1. The number of benzene rings is 2. The van der Waals surface area contributed by atoms with Crippen LogP contribution in [0.5, 0.6) is 0 Å². The fourth-order valence-corrected chi connectivity index (χ4v) is 5.36. The molecular weight excluding hydrogens is 746 g/mol. The summed E-state index contributed by atoms with van der Waals surface area (Å²) in [6, 6.07) is 12.0. The van der Waals surface area contributed by atoms with Crippen molar-refractivity contribution >= 4 is 64.5 Å². The number of nitrogens with one attached hydrogen (secondary N) is 3. The highest BCUT2D eigenvalue weighted by molar-refractivity contribution is 7.80. The molecule has 1 atom stereocenters. The van der Waals surface area contributed by atoms with E-state index in [1.165, 1.54) is 34.1 Å². The van der Waals surface area contributed by atoms with Crippen molar-refractivity contribution in [3.63, 3.8) is 0 Å². The Kier molecular flexibility index (Phi) is 20.1. The van der Waals surface area contributed by atoms with Gasteiger partial charge in [0, 0.05) is 54.1 Å². The minimum atomic E-state index is -1.31. The number of carbonyl (C=O) groups excluding carboxylic acids is 1. The number of aliphatic carboxylic acids is 5. The van der Waals surface area contributed by atoms with Crippen LogP contribution in [-0.2, 0) is 35.1 Å². The first-order valence-corrected chi connectivity index (χ1v) is 17.0. The Morgan fingerprint density at radius 2 is 1.31 bits per heavy atom. The third-order valence-electron chi connectivity index (χ3n) is 7.53. The zero-order chi connectivity index (χ0) is 40.8. The van der Waals surface area contributed by atoms with E-state index in [9.17, 15) is 44.1 Å². The number of carboxylic acid groups (broad SMARTS) is 5. The number of hydrogen-bond donors (Lipinski definition) is 8. The second kappa shape index (κ2) is 24.4. The molecule has 0 bridgehead atoms. The average Bonchev–Trinajstić information content (AvgIpc) is 3.09. The van der Waals surface area contributed by atoms with Crippen molar-refractivity contribution in [3.8, 4) is 0 Å². The van der Waals surface area contributed by atoms with Gasteiger partial charge in [0.1, 0.15) is 6.73 Å². The number of rotatable bonds is 27. The smallest absolute Gasteiger partial charge is 0.317 e. The van der Waals surface area contributed by atoms with Crippen LogP contribution in [0.2, 0.25) is 0 Å². The molecule has 0 aromatic heterocycles. The van der Waals surface area contributed by atoms with Crippen LogP contribution in [0.15, 0.2) is 53.6 Å². The highest BCUT2D eigenvalue weighted by Gasteiger charge is 2.27. The summed E-state index contributed by atoms with van der Waals surface area (Å²) in [4.78, 5) is 76.1. The number of nitrogens with zero attached hydrogens (tertiary/aromatic N) is 6. The van der Waals surface area contributed by atoms with E-state index < -0.39 is 68.6 Å². The largest absolute Gasteiger partial charge is 0.480 e. The lowest BCUT2D eigenvalue weighted by Crippen LogP contribution is -2.51. The molecule has 1 amide bonds. The molecule has 0 radical (unpaired) electrons. The van der Waals surface area contributed by atoms with Gasteiger partial charge in [-0.3, -0.25) is 43.5 Å². The van der Waals surface area contributed by atoms with Gasteiger partial charge in [-0.05, 0) is 60.4 Å². The first-order chi connectivity index (χ1) is 26.1. The van der Waals surface area contributed by atoms with Gasteiger partial charge in [-0.2, -0.15) is 0 Å². The third kappa shape index (κ3) is 19.7. The van der Waals surface area contributed by atoms with E-state index in [0.29, 0.717) is 47.2 Å². The summed E-state index contributed by atoms with van der Waals surface area (Å²) >= 11 is 5.35. The van der Waals surface area contributed by atoms with E-state index in [-0.39, 0.29) is 38.7 Å². The van der Waals surface area contributed by atoms with Gasteiger partial charge in [0.05, 0.1) is 39.3 Å². The fourth-order valence-electron chi connectivity index (χ4n) is 5.14. The molecule has 0 saturated carbocycles. The number of hydrogen-bond acceptors (Lipinski definition) is 12. The molecule has 55 heavy (non-hydrogen) atoms. The number of azide groups is 1. The maximum atomic E-state index is 12.2. The maximum absolute atomic E-state index is 12.2. The molecule has 0 aliphatic carbocycles. The minimum Gasteiger partial charge on any atom is -0.480 e. The van der Waals surface area contributed by atoms with Crippen molar-refractivity contribution in [3.05, 3.63) is 70.1 Å².